The first-order chi connectivity index (χ1) is 12.6. The van der Waals surface area contributed by atoms with Gasteiger partial charge >= 0.3 is 0 Å². The highest BCUT2D eigenvalue weighted by molar-refractivity contribution is 5.55. The number of aromatic nitrogens is 4. The van der Waals surface area contributed by atoms with E-state index in [9.17, 15) is 4.39 Å². The standard InChI is InChI=1S/C19H15FN4O2/c1-11-3-4-14(9-12(11)2)19-23-22-17(25-19)10-16-21-18(24-26-16)13-5-7-15(20)8-6-13/h3-9H,10H2,1-2H3. The molecule has 0 fully saturated rings. The van der Waals surface area contributed by atoms with Gasteiger partial charge in [0.25, 0.3) is 0 Å². The predicted molar refractivity (Wildman–Crippen MR) is 91.7 cm³/mol. The molecule has 0 radical (unpaired) electrons. The molecule has 6 nitrogen and oxygen atoms in total. The Balaban J connectivity index is 1.52. The average Bonchev–Trinajstić information content (AvgIpc) is 3.28. The van der Waals surface area contributed by atoms with Gasteiger partial charge < -0.3 is 8.94 Å². The van der Waals surface area contributed by atoms with Gasteiger partial charge in [-0.05, 0) is 61.4 Å². The van der Waals surface area contributed by atoms with Crippen LogP contribution in [0.3, 0.4) is 0 Å². The van der Waals surface area contributed by atoms with Gasteiger partial charge in [0.2, 0.25) is 23.5 Å². The van der Waals surface area contributed by atoms with Crippen LogP contribution in [0.1, 0.15) is 22.9 Å². The Morgan fingerprint density at radius 3 is 2.42 bits per heavy atom. The van der Waals surface area contributed by atoms with Crippen molar-refractivity contribution >= 4 is 0 Å². The number of benzene rings is 2. The van der Waals surface area contributed by atoms with E-state index < -0.39 is 0 Å². The maximum absolute atomic E-state index is 13.0. The first kappa shape index (κ1) is 16.1. The molecule has 7 heteroatoms. The number of hydrogen-bond donors (Lipinski definition) is 0. The van der Waals surface area contributed by atoms with Crippen LogP contribution in [0.15, 0.2) is 51.4 Å². The summed E-state index contributed by atoms with van der Waals surface area (Å²) in [6.07, 6.45) is 0.228. The summed E-state index contributed by atoms with van der Waals surface area (Å²) in [5.41, 5.74) is 3.89. The Bertz CT molecular complexity index is 1050. The lowest BCUT2D eigenvalue weighted by molar-refractivity contribution is 0.374. The largest absolute Gasteiger partial charge is 0.420 e. The van der Waals surface area contributed by atoms with Crippen molar-refractivity contribution in [1.29, 1.82) is 0 Å². The van der Waals surface area contributed by atoms with Crippen LogP contribution in [0, 0.1) is 19.7 Å². The smallest absolute Gasteiger partial charge is 0.247 e. The number of aryl methyl sites for hydroxylation is 2. The minimum atomic E-state index is -0.317. The zero-order valence-corrected chi connectivity index (χ0v) is 14.2. The van der Waals surface area contributed by atoms with Crippen molar-refractivity contribution in [2.45, 2.75) is 20.3 Å². The second-order valence-corrected chi connectivity index (χ2v) is 6.00. The zero-order valence-electron chi connectivity index (χ0n) is 14.2. The highest BCUT2D eigenvalue weighted by Crippen LogP contribution is 2.22. The predicted octanol–water partition coefficient (Wildman–Crippen LogP) is 4.13. The van der Waals surface area contributed by atoms with Crippen molar-refractivity contribution in [2.24, 2.45) is 0 Å². The molecule has 4 aromatic rings. The minimum Gasteiger partial charge on any atom is -0.420 e. The number of halogens is 1. The van der Waals surface area contributed by atoms with E-state index in [0.717, 1.165) is 11.1 Å². The molecule has 0 aliphatic carbocycles. The molecule has 0 aliphatic heterocycles. The quantitative estimate of drug-likeness (QED) is 0.551. The lowest BCUT2D eigenvalue weighted by atomic mass is 10.1. The van der Waals surface area contributed by atoms with E-state index in [0.29, 0.717) is 29.1 Å². The van der Waals surface area contributed by atoms with Gasteiger partial charge in [-0.15, -0.1) is 10.2 Å². The summed E-state index contributed by atoms with van der Waals surface area (Å²) in [6, 6.07) is 11.8. The van der Waals surface area contributed by atoms with Crippen molar-refractivity contribution in [1.82, 2.24) is 20.3 Å². The summed E-state index contributed by atoms with van der Waals surface area (Å²) in [5.74, 6) is 1.24. The molecular formula is C19H15FN4O2. The minimum absolute atomic E-state index is 0.228. The fraction of sp³-hybridized carbons (Fsp3) is 0.158. The van der Waals surface area contributed by atoms with Crippen LogP contribution in [0.4, 0.5) is 4.39 Å². The van der Waals surface area contributed by atoms with Gasteiger partial charge in [0.1, 0.15) is 12.2 Å². The van der Waals surface area contributed by atoms with Crippen molar-refractivity contribution in [3.63, 3.8) is 0 Å². The second kappa shape index (κ2) is 6.51. The monoisotopic (exact) mass is 350 g/mol. The molecule has 2 aromatic carbocycles. The van der Waals surface area contributed by atoms with Crippen LogP contribution in [0.25, 0.3) is 22.8 Å². The van der Waals surface area contributed by atoms with E-state index in [4.69, 9.17) is 8.94 Å². The molecule has 0 saturated carbocycles. The van der Waals surface area contributed by atoms with Crippen LogP contribution in [0.5, 0.6) is 0 Å². The van der Waals surface area contributed by atoms with Crippen LogP contribution < -0.4 is 0 Å². The van der Waals surface area contributed by atoms with Gasteiger partial charge in [-0.3, -0.25) is 0 Å². The third kappa shape index (κ3) is 3.23. The summed E-state index contributed by atoms with van der Waals surface area (Å²) in [6.45, 7) is 4.08. The van der Waals surface area contributed by atoms with E-state index >= 15 is 0 Å². The molecule has 0 saturated heterocycles. The fourth-order valence-electron chi connectivity index (χ4n) is 2.49. The van der Waals surface area contributed by atoms with Crippen LogP contribution in [0.2, 0.25) is 0 Å². The summed E-state index contributed by atoms with van der Waals surface area (Å²) in [7, 11) is 0. The maximum atomic E-state index is 13.0. The number of hydrogen-bond acceptors (Lipinski definition) is 6. The molecule has 0 unspecified atom stereocenters. The van der Waals surface area contributed by atoms with Gasteiger partial charge in [-0.25, -0.2) is 4.39 Å². The lowest BCUT2D eigenvalue weighted by Gasteiger charge is -2.00. The topological polar surface area (TPSA) is 77.8 Å². The number of rotatable bonds is 4. The molecular weight excluding hydrogens is 335 g/mol. The van der Waals surface area contributed by atoms with E-state index in [-0.39, 0.29) is 12.2 Å². The van der Waals surface area contributed by atoms with E-state index in [1.54, 1.807) is 12.1 Å². The normalized spacial score (nSPS) is 11.0. The van der Waals surface area contributed by atoms with Crippen molar-refractivity contribution < 1.29 is 13.3 Å². The Morgan fingerprint density at radius 1 is 0.885 bits per heavy atom. The molecule has 130 valence electrons. The Hall–Kier alpha value is -3.35. The summed E-state index contributed by atoms with van der Waals surface area (Å²) < 4.78 is 23.9. The fourth-order valence-corrected chi connectivity index (χ4v) is 2.49. The molecule has 2 aromatic heterocycles. The average molecular weight is 350 g/mol. The summed E-state index contributed by atoms with van der Waals surface area (Å²) in [4.78, 5) is 4.29. The van der Waals surface area contributed by atoms with Crippen LogP contribution >= 0.6 is 0 Å². The second-order valence-electron chi connectivity index (χ2n) is 6.00. The first-order valence-corrected chi connectivity index (χ1v) is 8.07. The molecule has 0 atom stereocenters. The summed E-state index contributed by atoms with van der Waals surface area (Å²) >= 11 is 0. The molecule has 0 aliphatic rings. The highest BCUT2D eigenvalue weighted by Gasteiger charge is 2.14. The van der Waals surface area contributed by atoms with Crippen LogP contribution in [-0.2, 0) is 6.42 Å². The van der Waals surface area contributed by atoms with Gasteiger partial charge in [-0.1, -0.05) is 11.2 Å². The van der Waals surface area contributed by atoms with Gasteiger partial charge in [0.15, 0.2) is 0 Å². The SMILES string of the molecule is Cc1ccc(-c2nnc(Cc3nc(-c4ccc(F)cc4)no3)o2)cc1C. The highest BCUT2D eigenvalue weighted by atomic mass is 19.1. The zero-order chi connectivity index (χ0) is 18.1. The Kier molecular flexibility index (Phi) is 4.04. The van der Waals surface area contributed by atoms with Crippen molar-refractivity contribution in [2.75, 3.05) is 0 Å². The van der Waals surface area contributed by atoms with Crippen molar-refractivity contribution in [3.05, 3.63) is 71.2 Å². The molecule has 26 heavy (non-hydrogen) atoms. The van der Waals surface area contributed by atoms with E-state index in [1.165, 1.54) is 17.7 Å². The molecule has 4 rings (SSSR count). The molecule has 0 bridgehead atoms. The Morgan fingerprint density at radius 2 is 1.65 bits per heavy atom. The molecule has 0 amide bonds. The molecule has 2 heterocycles. The first-order valence-electron chi connectivity index (χ1n) is 8.07. The number of nitrogens with zero attached hydrogens (tertiary/aromatic N) is 4. The van der Waals surface area contributed by atoms with Crippen molar-refractivity contribution in [3.8, 4) is 22.8 Å². The summed E-state index contributed by atoms with van der Waals surface area (Å²) in [5, 5.41) is 12.0. The lowest BCUT2D eigenvalue weighted by Crippen LogP contribution is -1.89. The van der Waals surface area contributed by atoms with Gasteiger partial charge in [0, 0.05) is 11.1 Å². The maximum Gasteiger partial charge on any atom is 0.247 e. The Labute approximate surface area is 148 Å². The van der Waals surface area contributed by atoms with Gasteiger partial charge in [-0.2, -0.15) is 4.98 Å². The van der Waals surface area contributed by atoms with E-state index in [1.807, 2.05) is 32.0 Å². The van der Waals surface area contributed by atoms with Crippen LogP contribution in [-0.4, -0.2) is 20.3 Å². The van der Waals surface area contributed by atoms with E-state index in [2.05, 4.69) is 20.3 Å². The molecule has 0 N–H and O–H groups in total. The van der Waals surface area contributed by atoms with Gasteiger partial charge in [0.05, 0.1) is 0 Å². The third-order valence-electron chi connectivity index (χ3n) is 4.09. The third-order valence-corrected chi connectivity index (χ3v) is 4.09. The molecule has 0 spiro atoms.